The minimum atomic E-state index is 0.748. The Morgan fingerprint density at radius 1 is 0.947 bits per heavy atom. The fourth-order valence-corrected chi connectivity index (χ4v) is 2.01. The molecule has 5 nitrogen and oxygen atoms in total. The summed E-state index contributed by atoms with van der Waals surface area (Å²) in [6.07, 6.45) is 0. The molecule has 3 rings (SSSR count). The molecule has 0 aliphatic heterocycles. The minimum Gasteiger partial charge on any atom is -0.497 e. The van der Waals surface area contributed by atoms with Crippen molar-refractivity contribution >= 4 is 11.0 Å². The van der Waals surface area contributed by atoms with E-state index in [0.29, 0.717) is 0 Å². The second kappa shape index (κ2) is 4.61. The first kappa shape index (κ1) is 11.5. The molecule has 96 valence electrons. The van der Waals surface area contributed by atoms with Crippen LogP contribution in [-0.4, -0.2) is 29.2 Å². The molecular formula is C14H13N3O2. The number of para-hydroxylation sites is 1. The van der Waals surface area contributed by atoms with E-state index in [1.54, 1.807) is 18.9 Å². The van der Waals surface area contributed by atoms with Gasteiger partial charge < -0.3 is 9.47 Å². The van der Waals surface area contributed by atoms with Crippen molar-refractivity contribution in [3.8, 4) is 17.2 Å². The molecule has 0 unspecified atom stereocenters. The summed E-state index contributed by atoms with van der Waals surface area (Å²) in [5.74, 6) is 1.55. The van der Waals surface area contributed by atoms with Crippen molar-refractivity contribution in [2.75, 3.05) is 14.2 Å². The van der Waals surface area contributed by atoms with Crippen molar-refractivity contribution < 1.29 is 9.47 Å². The summed E-state index contributed by atoms with van der Waals surface area (Å²) in [6, 6.07) is 13.3. The Hall–Kier alpha value is -2.56. The molecule has 1 aromatic heterocycles. The third-order valence-corrected chi connectivity index (χ3v) is 2.97. The van der Waals surface area contributed by atoms with Gasteiger partial charge in [0.15, 0.2) is 0 Å². The molecule has 3 aromatic rings. The van der Waals surface area contributed by atoms with Gasteiger partial charge in [0.05, 0.1) is 19.9 Å². The molecule has 1 heterocycles. The van der Waals surface area contributed by atoms with Crippen LogP contribution < -0.4 is 9.47 Å². The zero-order valence-electron chi connectivity index (χ0n) is 10.7. The molecular weight excluding hydrogens is 242 g/mol. The largest absolute Gasteiger partial charge is 0.497 e. The zero-order valence-corrected chi connectivity index (χ0v) is 10.7. The molecule has 0 aliphatic carbocycles. The Kier molecular flexibility index (Phi) is 2.79. The number of fused-ring (bicyclic) bond motifs is 1. The van der Waals surface area contributed by atoms with Crippen LogP contribution in [0.15, 0.2) is 42.5 Å². The van der Waals surface area contributed by atoms with Crippen LogP contribution >= 0.6 is 0 Å². The Morgan fingerprint density at radius 2 is 1.74 bits per heavy atom. The Morgan fingerprint density at radius 3 is 2.42 bits per heavy atom. The summed E-state index contributed by atoms with van der Waals surface area (Å²) in [6.45, 7) is 0. The standard InChI is InChI=1S/C14H13N3O2/c1-18-11-8-6-10(7-9-11)17-14-12(15-16-17)4-3-5-13(14)19-2/h3-9H,1-2H3. The van der Waals surface area contributed by atoms with E-state index in [4.69, 9.17) is 9.47 Å². The van der Waals surface area contributed by atoms with Crippen LogP contribution in [0.5, 0.6) is 11.5 Å². The molecule has 2 aromatic carbocycles. The van der Waals surface area contributed by atoms with Gasteiger partial charge in [-0.3, -0.25) is 0 Å². The number of aromatic nitrogens is 3. The third kappa shape index (κ3) is 1.89. The summed E-state index contributed by atoms with van der Waals surface area (Å²) in [7, 11) is 3.28. The lowest BCUT2D eigenvalue weighted by atomic mass is 10.2. The second-order valence-electron chi connectivity index (χ2n) is 4.03. The summed E-state index contributed by atoms with van der Waals surface area (Å²) < 4.78 is 12.3. The lowest BCUT2D eigenvalue weighted by Crippen LogP contribution is -1.98. The first-order valence-corrected chi connectivity index (χ1v) is 5.86. The fourth-order valence-electron chi connectivity index (χ4n) is 2.01. The van der Waals surface area contributed by atoms with Gasteiger partial charge in [-0.1, -0.05) is 11.3 Å². The molecule has 0 atom stereocenters. The third-order valence-electron chi connectivity index (χ3n) is 2.97. The van der Waals surface area contributed by atoms with Crippen molar-refractivity contribution in [1.82, 2.24) is 15.0 Å². The normalized spacial score (nSPS) is 10.6. The molecule has 0 fully saturated rings. The van der Waals surface area contributed by atoms with Crippen molar-refractivity contribution in [3.05, 3.63) is 42.5 Å². The molecule has 0 aliphatic rings. The number of nitrogens with zero attached hydrogens (tertiary/aromatic N) is 3. The van der Waals surface area contributed by atoms with E-state index in [1.165, 1.54) is 0 Å². The highest BCUT2D eigenvalue weighted by molar-refractivity contribution is 5.82. The summed E-state index contributed by atoms with van der Waals surface area (Å²) in [4.78, 5) is 0. The highest BCUT2D eigenvalue weighted by atomic mass is 16.5. The van der Waals surface area contributed by atoms with Gasteiger partial charge in [0.25, 0.3) is 0 Å². The Balaban J connectivity index is 2.18. The van der Waals surface area contributed by atoms with E-state index in [1.807, 2.05) is 42.5 Å². The average Bonchev–Trinajstić information content (AvgIpc) is 2.91. The molecule has 0 N–H and O–H groups in total. The van der Waals surface area contributed by atoms with Crippen LogP contribution in [0.25, 0.3) is 16.7 Å². The molecule has 19 heavy (non-hydrogen) atoms. The Labute approximate surface area is 110 Å². The molecule has 0 spiro atoms. The summed E-state index contributed by atoms with van der Waals surface area (Å²) >= 11 is 0. The Bertz CT molecular complexity index is 704. The number of hydrogen-bond acceptors (Lipinski definition) is 4. The number of benzene rings is 2. The van der Waals surface area contributed by atoms with Crippen LogP contribution in [0.4, 0.5) is 0 Å². The number of hydrogen-bond donors (Lipinski definition) is 0. The maximum absolute atomic E-state index is 5.37. The second-order valence-corrected chi connectivity index (χ2v) is 4.03. The van der Waals surface area contributed by atoms with Gasteiger partial charge >= 0.3 is 0 Å². The van der Waals surface area contributed by atoms with Gasteiger partial charge in [0.1, 0.15) is 22.5 Å². The van der Waals surface area contributed by atoms with Gasteiger partial charge in [-0.05, 0) is 36.4 Å². The maximum atomic E-state index is 5.37. The lowest BCUT2D eigenvalue weighted by Gasteiger charge is -2.06. The summed E-state index contributed by atoms with van der Waals surface area (Å²) in [5, 5.41) is 8.32. The number of rotatable bonds is 3. The van der Waals surface area contributed by atoms with Crippen molar-refractivity contribution in [2.45, 2.75) is 0 Å². The van der Waals surface area contributed by atoms with Crippen LogP contribution in [0.1, 0.15) is 0 Å². The first-order chi connectivity index (χ1) is 9.33. The number of ether oxygens (including phenoxy) is 2. The van der Waals surface area contributed by atoms with Crippen LogP contribution in [-0.2, 0) is 0 Å². The predicted octanol–water partition coefficient (Wildman–Crippen LogP) is 2.44. The SMILES string of the molecule is COc1ccc(-n2nnc3cccc(OC)c32)cc1. The highest BCUT2D eigenvalue weighted by Gasteiger charge is 2.11. The van der Waals surface area contributed by atoms with E-state index >= 15 is 0 Å². The van der Waals surface area contributed by atoms with E-state index in [0.717, 1.165) is 28.2 Å². The zero-order chi connectivity index (χ0) is 13.2. The fraction of sp³-hybridized carbons (Fsp3) is 0.143. The van der Waals surface area contributed by atoms with E-state index in [-0.39, 0.29) is 0 Å². The molecule has 0 saturated heterocycles. The molecule has 0 amide bonds. The summed E-state index contributed by atoms with van der Waals surface area (Å²) in [5.41, 5.74) is 2.57. The van der Waals surface area contributed by atoms with Crippen molar-refractivity contribution in [3.63, 3.8) is 0 Å². The molecule has 0 saturated carbocycles. The van der Waals surface area contributed by atoms with E-state index in [9.17, 15) is 0 Å². The van der Waals surface area contributed by atoms with Crippen LogP contribution in [0, 0.1) is 0 Å². The average molecular weight is 255 g/mol. The van der Waals surface area contributed by atoms with Crippen molar-refractivity contribution in [2.24, 2.45) is 0 Å². The van der Waals surface area contributed by atoms with E-state index < -0.39 is 0 Å². The highest BCUT2D eigenvalue weighted by Crippen LogP contribution is 2.26. The van der Waals surface area contributed by atoms with E-state index in [2.05, 4.69) is 10.3 Å². The number of methoxy groups -OCH3 is 2. The quantitative estimate of drug-likeness (QED) is 0.721. The van der Waals surface area contributed by atoms with Gasteiger partial charge in [-0.2, -0.15) is 0 Å². The van der Waals surface area contributed by atoms with Gasteiger partial charge in [-0.25, -0.2) is 4.68 Å². The van der Waals surface area contributed by atoms with Gasteiger partial charge in [0.2, 0.25) is 0 Å². The lowest BCUT2D eigenvalue weighted by molar-refractivity contribution is 0.414. The van der Waals surface area contributed by atoms with Gasteiger partial charge in [0, 0.05) is 0 Å². The topological polar surface area (TPSA) is 49.2 Å². The van der Waals surface area contributed by atoms with Crippen LogP contribution in [0.3, 0.4) is 0 Å². The molecule has 5 heteroatoms. The van der Waals surface area contributed by atoms with Crippen LogP contribution in [0.2, 0.25) is 0 Å². The minimum absolute atomic E-state index is 0.748. The smallest absolute Gasteiger partial charge is 0.146 e. The van der Waals surface area contributed by atoms with Gasteiger partial charge in [-0.15, -0.1) is 5.10 Å². The first-order valence-electron chi connectivity index (χ1n) is 5.86. The monoisotopic (exact) mass is 255 g/mol. The van der Waals surface area contributed by atoms with Crippen molar-refractivity contribution in [1.29, 1.82) is 0 Å². The molecule has 0 radical (unpaired) electrons. The maximum Gasteiger partial charge on any atom is 0.146 e. The molecule has 0 bridgehead atoms. The predicted molar refractivity (Wildman–Crippen MR) is 72.0 cm³/mol.